The van der Waals surface area contributed by atoms with Crippen LogP contribution in [0.4, 0.5) is 18.9 Å². The summed E-state index contributed by atoms with van der Waals surface area (Å²) >= 11 is 0. The van der Waals surface area contributed by atoms with E-state index >= 15 is 0 Å². The molecule has 104 valence electrons. The van der Waals surface area contributed by atoms with E-state index in [0.717, 1.165) is 17.0 Å². The van der Waals surface area contributed by atoms with Gasteiger partial charge in [-0.25, -0.2) is 0 Å². The lowest BCUT2D eigenvalue weighted by Crippen LogP contribution is -2.32. The van der Waals surface area contributed by atoms with E-state index in [2.05, 4.69) is 0 Å². The molecular weight excluding hydrogens is 273 g/mol. The zero-order valence-electron chi connectivity index (χ0n) is 10.1. The molecule has 0 aliphatic carbocycles. The van der Waals surface area contributed by atoms with Crippen molar-refractivity contribution in [1.29, 1.82) is 10.5 Å². The summed E-state index contributed by atoms with van der Waals surface area (Å²) in [5.41, 5.74) is 3.31. The van der Waals surface area contributed by atoms with Crippen molar-refractivity contribution in [2.45, 2.75) is 6.18 Å². The maximum Gasteiger partial charge on any atom is 0.418 e. The molecule has 0 unspecified atom stereocenters. The molecule has 0 atom stereocenters. The lowest BCUT2D eigenvalue weighted by Gasteiger charge is -2.17. The first-order valence-corrected chi connectivity index (χ1v) is 5.31. The number of carbonyl (C=O) groups excluding carboxylic acids is 1. The maximum atomic E-state index is 12.7. The molecule has 1 rings (SSSR count). The highest BCUT2D eigenvalue weighted by Gasteiger charge is 2.34. The summed E-state index contributed by atoms with van der Waals surface area (Å²) in [6.45, 7) is -0.782. The Bertz CT molecular complexity index is 582. The Morgan fingerprint density at radius 2 is 1.80 bits per heavy atom. The van der Waals surface area contributed by atoms with Gasteiger partial charge in [0.2, 0.25) is 0 Å². The number of rotatable bonds is 3. The average Bonchev–Trinajstić information content (AvgIpc) is 2.37. The Labute approximate surface area is 112 Å². The molecule has 0 bridgehead atoms. The lowest BCUT2D eigenvalue weighted by molar-refractivity contribution is -0.136. The number of nitrogens with zero attached hydrogens (tertiary/aromatic N) is 3. The van der Waals surface area contributed by atoms with E-state index in [-0.39, 0.29) is 5.56 Å². The van der Waals surface area contributed by atoms with Gasteiger partial charge in [0.15, 0.2) is 0 Å². The van der Waals surface area contributed by atoms with E-state index < -0.39 is 36.4 Å². The van der Waals surface area contributed by atoms with Gasteiger partial charge >= 0.3 is 6.18 Å². The predicted octanol–water partition coefficient (Wildman–Crippen LogP) is 1.78. The minimum atomic E-state index is -4.68. The second kappa shape index (κ2) is 5.93. The first-order chi connectivity index (χ1) is 9.31. The molecule has 0 aliphatic rings. The third-order valence-corrected chi connectivity index (χ3v) is 2.42. The molecule has 2 N–H and O–H groups in total. The highest BCUT2D eigenvalue weighted by atomic mass is 19.4. The SMILES string of the molecule is N#CCN(CC#N)C(=O)c1ccc(N)c(C(F)(F)F)c1. The standard InChI is InChI=1S/C12H9F3N4O/c13-12(14,15)9-7-8(1-2-10(9)18)11(20)19(5-3-16)6-4-17/h1-2,7H,5-6,18H2. The van der Waals surface area contributed by atoms with Gasteiger partial charge in [-0.15, -0.1) is 0 Å². The summed E-state index contributed by atoms with van der Waals surface area (Å²) in [4.78, 5) is 12.8. The van der Waals surface area contributed by atoms with Gasteiger partial charge in [0.1, 0.15) is 13.1 Å². The van der Waals surface area contributed by atoms with Crippen molar-refractivity contribution in [2.24, 2.45) is 0 Å². The predicted molar refractivity (Wildman–Crippen MR) is 63.0 cm³/mol. The highest BCUT2D eigenvalue weighted by molar-refractivity contribution is 5.95. The van der Waals surface area contributed by atoms with Gasteiger partial charge in [-0.05, 0) is 18.2 Å². The smallest absolute Gasteiger partial charge is 0.398 e. The Hall–Kier alpha value is -2.74. The zero-order chi connectivity index (χ0) is 15.3. The van der Waals surface area contributed by atoms with Gasteiger partial charge in [-0.1, -0.05) is 0 Å². The summed E-state index contributed by atoms with van der Waals surface area (Å²) in [5, 5.41) is 17.1. The fourth-order valence-corrected chi connectivity index (χ4v) is 1.49. The molecule has 1 aromatic rings. The molecule has 0 fully saturated rings. The molecule has 20 heavy (non-hydrogen) atoms. The molecule has 0 saturated heterocycles. The Morgan fingerprint density at radius 1 is 1.25 bits per heavy atom. The normalized spacial score (nSPS) is 10.4. The second-order valence-electron chi connectivity index (χ2n) is 3.78. The third-order valence-electron chi connectivity index (χ3n) is 2.42. The zero-order valence-corrected chi connectivity index (χ0v) is 10.1. The Balaban J connectivity index is 3.18. The topological polar surface area (TPSA) is 93.9 Å². The van der Waals surface area contributed by atoms with Crippen molar-refractivity contribution >= 4 is 11.6 Å². The first kappa shape index (κ1) is 15.3. The van der Waals surface area contributed by atoms with Gasteiger partial charge in [-0.3, -0.25) is 4.79 Å². The van der Waals surface area contributed by atoms with Gasteiger partial charge in [0.25, 0.3) is 5.91 Å². The number of hydrogen-bond acceptors (Lipinski definition) is 4. The van der Waals surface area contributed by atoms with Gasteiger partial charge < -0.3 is 10.6 Å². The molecular formula is C12H9F3N4O. The van der Waals surface area contributed by atoms with E-state index in [0.29, 0.717) is 6.07 Å². The fraction of sp³-hybridized carbons (Fsp3) is 0.250. The van der Waals surface area contributed by atoms with Gasteiger partial charge in [-0.2, -0.15) is 23.7 Å². The van der Waals surface area contributed by atoms with Crippen LogP contribution in [0.2, 0.25) is 0 Å². The first-order valence-electron chi connectivity index (χ1n) is 5.31. The van der Waals surface area contributed by atoms with E-state index in [1.54, 1.807) is 12.1 Å². The molecule has 5 nitrogen and oxygen atoms in total. The number of hydrogen-bond donors (Lipinski definition) is 1. The van der Waals surface area contributed by atoms with Gasteiger partial charge in [0, 0.05) is 11.3 Å². The minimum Gasteiger partial charge on any atom is -0.398 e. The van der Waals surface area contributed by atoms with Gasteiger partial charge in [0.05, 0.1) is 17.7 Å². The number of halogens is 3. The molecule has 0 radical (unpaired) electrons. The van der Waals surface area contributed by atoms with Crippen molar-refractivity contribution < 1.29 is 18.0 Å². The molecule has 0 aliphatic heterocycles. The van der Waals surface area contributed by atoms with Crippen LogP contribution in [0.15, 0.2) is 18.2 Å². The van der Waals surface area contributed by atoms with Crippen LogP contribution >= 0.6 is 0 Å². The van der Waals surface area contributed by atoms with E-state index in [4.69, 9.17) is 16.3 Å². The highest BCUT2D eigenvalue weighted by Crippen LogP contribution is 2.34. The van der Waals surface area contributed by atoms with Crippen molar-refractivity contribution in [3.05, 3.63) is 29.3 Å². The van der Waals surface area contributed by atoms with Crippen LogP contribution < -0.4 is 5.73 Å². The third kappa shape index (κ3) is 3.39. The van der Waals surface area contributed by atoms with Crippen LogP contribution in [0.5, 0.6) is 0 Å². The summed E-state index contributed by atoms with van der Waals surface area (Å²) in [6.07, 6.45) is -4.68. The van der Waals surface area contributed by atoms with Crippen molar-refractivity contribution in [3.8, 4) is 12.1 Å². The molecule has 0 heterocycles. The summed E-state index contributed by atoms with van der Waals surface area (Å²) < 4.78 is 38.0. The van der Waals surface area contributed by atoms with Crippen molar-refractivity contribution in [3.63, 3.8) is 0 Å². The largest absolute Gasteiger partial charge is 0.418 e. The number of nitrogens with two attached hydrogens (primary N) is 1. The lowest BCUT2D eigenvalue weighted by atomic mass is 10.1. The molecule has 8 heteroatoms. The minimum absolute atomic E-state index is 0.281. The monoisotopic (exact) mass is 282 g/mol. The summed E-state index contributed by atoms with van der Waals surface area (Å²) in [6, 6.07) is 6.03. The van der Waals surface area contributed by atoms with Crippen LogP contribution in [-0.2, 0) is 6.18 Å². The van der Waals surface area contributed by atoms with Crippen LogP contribution in [0.25, 0.3) is 0 Å². The summed E-state index contributed by atoms with van der Waals surface area (Å²) in [7, 11) is 0. The number of amides is 1. The van der Waals surface area contributed by atoms with Crippen molar-refractivity contribution in [2.75, 3.05) is 18.8 Å². The van der Waals surface area contributed by atoms with E-state index in [9.17, 15) is 18.0 Å². The average molecular weight is 282 g/mol. The Morgan fingerprint density at radius 3 is 2.25 bits per heavy atom. The fourth-order valence-electron chi connectivity index (χ4n) is 1.49. The van der Waals surface area contributed by atoms with Crippen LogP contribution in [0.3, 0.4) is 0 Å². The number of benzene rings is 1. The molecule has 0 saturated carbocycles. The second-order valence-corrected chi connectivity index (χ2v) is 3.78. The number of alkyl halides is 3. The molecule has 1 aromatic carbocycles. The van der Waals surface area contributed by atoms with E-state index in [1.807, 2.05) is 0 Å². The van der Waals surface area contributed by atoms with Crippen LogP contribution in [0.1, 0.15) is 15.9 Å². The quantitative estimate of drug-likeness (QED) is 0.675. The van der Waals surface area contributed by atoms with Crippen molar-refractivity contribution in [1.82, 2.24) is 4.90 Å². The number of nitrogen functional groups attached to an aromatic ring is 1. The van der Waals surface area contributed by atoms with E-state index in [1.165, 1.54) is 0 Å². The number of anilines is 1. The molecule has 0 aromatic heterocycles. The maximum absolute atomic E-state index is 12.7. The van der Waals surface area contributed by atoms with Crippen LogP contribution in [0, 0.1) is 22.7 Å². The number of carbonyl (C=O) groups is 1. The van der Waals surface area contributed by atoms with Crippen LogP contribution in [-0.4, -0.2) is 23.9 Å². The molecule has 1 amide bonds. The summed E-state index contributed by atoms with van der Waals surface area (Å²) in [5.74, 6) is -0.835. The Kier molecular flexibility index (Phi) is 4.54. The molecule has 0 spiro atoms. The number of nitriles is 2.